The molecule has 0 aromatic rings. The molecule has 17 heavy (non-hydrogen) atoms. The van der Waals surface area contributed by atoms with E-state index < -0.39 is 6.04 Å². The first kappa shape index (κ1) is 12.1. The number of amides is 3. The number of rotatable bonds is 2. The first-order valence-corrected chi connectivity index (χ1v) is 5.94. The van der Waals surface area contributed by atoms with E-state index in [1.807, 2.05) is 13.8 Å². The second-order valence-corrected chi connectivity index (χ2v) is 5.64. The zero-order valence-electron chi connectivity index (χ0n) is 10.4. The fourth-order valence-electron chi connectivity index (χ4n) is 2.24. The van der Waals surface area contributed by atoms with Crippen LogP contribution in [0.5, 0.6) is 0 Å². The monoisotopic (exact) mass is 238 g/mol. The second kappa shape index (κ2) is 3.82. The van der Waals surface area contributed by atoms with Gasteiger partial charge in [0.05, 0.1) is 0 Å². The number of likely N-dealkylation sites (tertiary alicyclic amines) is 1. The predicted octanol–water partition coefficient (Wildman–Crippen LogP) is 0.296. The van der Waals surface area contributed by atoms with Crippen molar-refractivity contribution in [1.82, 2.24) is 10.2 Å². The summed E-state index contributed by atoms with van der Waals surface area (Å²) in [4.78, 5) is 36.0. The van der Waals surface area contributed by atoms with Crippen molar-refractivity contribution in [3.8, 4) is 0 Å². The van der Waals surface area contributed by atoms with Crippen LogP contribution >= 0.6 is 0 Å². The summed E-state index contributed by atoms with van der Waals surface area (Å²) in [6.07, 6.45) is 1.61. The Labute approximate surface area is 101 Å². The van der Waals surface area contributed by atoms with E-state index in [9.17, 15) is 14.4 Å². The lowest BCUT2D eigenvalue weighted by Crippen LogP contribution is -2.53. The lowest BCUT2D eigenvalue weighted by atomic mass is 10.0. The molecule has 2 rings (SSSR count). The number of nitrogens with one attached hydrogen (secondary N) is 1. The van der Waals surface area contributed by atoms with Crippen LogP contribution in [0, 0.1) is 11.3 Å². The quantitative estimate of drug-likeness (QED) is 0.703. The van der Waals surface area contributed by atoms with Crippen LogP contribution in [0.25, 0.3) is 0 Å². The molecule has 0 aromatic carbocycles. The molecule has 1 aliphatic carbocycles. The third kappa shape index (κ3) is 2.18. The Morgan fingerprint density at radius 3 is 2.53 bits per heavy atom. The van der Waals surface area contributed by atoms with Crippen LogP contribution in [0.4, 0.5) is 0 Å². The molecular weight excluding hydrogens is 220 g/mol. The highest BCUT2D eigenvalue weighted by molar-refractivity contribution is 6.01. The summed E-state index contributed by atoms with van der Waals surface area (Å²) >= 11 is 0. The van der Waals surface area contributed by atoms with Gasteiger partial charge in [0, 0.05) is 19.4 Å². The molecule has 5 heteroatoms. The molecule has 1 heterocycles. The normalized spacial score (nSPS) is 31.4. The van der Waals surface area contributed by atoms with Gasteiger partial charge in [0.25, 0.3) is 5.91 Å². The van der Waals surface area contributed by atoms with Crippen molar-refractivity contribution in [3.63, 3.8) is 0 Å². The summed E-state index contributed by atoms with van der Waals surface area (Å²) in [5.74, 6) is -0.519. The van der Waals surface area contributed by atoms with Crippen molar-refractivity contribution >= 4 is 17.7 Å². The van der Waals surface area contributed by atoms with Gasteiger partial charge in [-0.15, -0.1) is 0 Å². The molecule has 0 bridgehead atoms. The van der Waals surface area contributed by atoms with Crippen LogP contribution in [-0.4, -0.2) is 35.7 Å². The minimum Gasteiger partial charge on any atom is -0.344 e. The SMILES string of the molecule is CN1C(=O)CCC(NC(=O)[C@H]2CC2(C)C)C1=O. The summed E-state index contributed by atoms with van der Waals surface area (Å²) in [6.45, 7) is 4.07. The smallest absolute Gasteiger partial charge is 0.251 e. The summed E-state index contributed by atoms with van der Waals surface area (Å²) in [6, 6.07) is -0.526. The van der Waals surface area contributed by atoms with Gasteiger partial charge >= 0.3 is 0 Å². The standard InChI is InChI=1S/C12H18N2O3/c1-12(2)6-7(12)10(16)13-8-4-5-9(15)14(3)11(8)17/h7-8H,4-6H2,1-3H3,(H,13,16)/t7-,8?/m1/s1. The highest BCUT2D eigenvalue weighted by Gasteiger charge is 2.51. The second-order valence-electron chi connectivity index (χ2n) is 5.64. The highest BCUT2D eigenvalue weighted by Crippen LogP contribution is 2.51. The van der Waals surface area contributed by atoms with Gasteiger partial charge in [0.1, 0.15) is 6.04 Å². The molecule has 2 atom stereocenters. The molecule has 0 spiro atoms. The Kier molecular flexibility index (Phi) is 2.72. The van der Waals surface area contributed by atoms with E-state index in [0.717, 1.165) is 11.3 Å². The van der Waals surface area contributed by atoms with Crippen LogP contribution in [0.3, 0.4) is 0 Å². The summed E-state index contributed by atoms with van der Waals surface area (Å²) in [7, 11) is 1.46. The fraction of sp³-hybridized carbons (Fsp3) is 0.750. The molecule has 2 aliphatic rings. The maximum Gasteiger partial charge on any atom is 0.251 e. The molecule has 2 fully saturated rings. The van der Waals surface area contributed by atoms with Crippen LogP contribution in [0.15, 0.2) is 0 Å². The van der Waals surface area contributed by atoms with Crippen LogP contribution in [-0.2, 0) is 14.4 Å². The van der Waals surface area contributed by atoms with Crippen molar-refractivity contribution in [3.05, 3.63) is 0 Å². The Balaban J connectivity index is 1.94. The number of carbonyl (C=O) groups is 3. The molecule has 1 N–H and O–H groups in total. The van der Waals surface area contributed by atoms with E-state index >= 15 is 0 Å². The number of carbonyl (C=O) groups excluding carboxylic acids is 3. The van der Waals surface area contributed by atoms with Crippen molar-refractivity contribution in [2.75, 3.05) is 7.05 Å². The average Bonchev–Trinajstić information content (AvgIpc) is 2.89. The van der Waals surface area contributed by atoms with Crippen LogP contribution < -0.4 is 5.32 Å². The van der Waals surface area contributed by atoms with Gasteiger partial charge in [-0.2, -0.15) is 0 Å². The summed E-state index contributed by atoms with van der Waals surface area (Å²) in [5.41, 5.74) is 0.0590. The topological polar surface area (TPSA) is 66.5 Å². The number of likely N-dealkylation sites (N-methyl/N-ethyl adjacent to an activating group) is 1. The van der Waals surface area contributed by atoms with Gasteiger partial charge in [-0.05, 0) is 18.3 Å². The molecule has 0 radical (unpaired) electrons. The molecule has 1 unspecified atom stereocenters. The van der Waals surface area contributed by atoms with Gasteiger partial charge in [0.15, 0.2) is 0 Å². The molecule has 5 nitrogen and oxygen atoms in total. The maximum absolute atomic E-state index is 11.9. The van der Waals surface area contributed by atoms with Gasteiger partial charge in [0.2, 0.25) is 11.8 Å². The lowest BCUT2D eigenvalue weighted by molar-refractivity contribution is -0.149. The number of hydrogen-bond acceptors (Lipinski definition) is 3. The van der Waals surface area contributed by atoms with E-state index in [-0.39, 0.29) is 29.1 Å². The van der Waals surface area contributed by atoms with Crippen molar-refractivity contribution in [1.29, 1.82) is 0 Å². The number of hydrogen-bond donors (Lipinski definition) is 1. The van der Waals surface area contributed by atoms with Gasteiger partial charge in [-0.3, -0.25) is 19.3 Å². The minimum absolute atomic E-state index is 0.0123. The fourth-order valence-corrected chi connectivity index (χ4v) is 2.24. The Bertz CT molecular complexity index is 389. The Hall–Kier alpha value is -1.39. The molecule has 1 saturated heterocycles. The minimum atomic E-state index is -0.526. The lowest BCUT2D eigenvalue weighted by Gasteiger charge is -2.28. The van der Waals surface area contributed by atoms with Gasteiger partial charge < -0.3 is 5.32 Å². The van der Waals surface area contributed by atoms with E-state index in [4.69, 9.17) is 0 Å². The van der Waals surface area contributed by atoms with Crippen LogP contribution in [0.1, 0.15) is 33.1 Å². The van der Waals surface area contributed by atoms with E-state index in [2.05, 4.69) is 5.32 Å². The Morgan fingerprint density at radius 2 is 2.00 bits per heavy atom. The summed E-state index contributed by atoms with van der Waals surface area (Å²) < 4.78 is 0. The molecule has 3 amide bonds. The van der Waals surface area contributed by atoms with Crippen molar-refractivity contribution in [2.24, 2.45) is 11.3 Å². The van der Waals surface area contributed by atoms with E-state index in [0.29, 0.717) is 12.8 Å². The first-order valence-electron chi connectivity index (χ1n) is 5.94. The van der Waals surface area contributed by atoms with E-state index in [1.165, 1.54) is 7.05 Å². The van der Waals surface area contributed by atoms with Crippen molar-refractivity contribution < 1.29 is 14.4 Å². The first-order chi connectivity index (χ1) is 7.83. The third-order valence-electron chi connectivity index (χ3n) is 3.80. The van der Waals surface area contributed by atoms with Crippen molar-refractivity contribution in [2.45, 2.75) is 39.2 Å². The zero-order valence-corrected chi connectivity index (χ0v) is 10.4. The average molecular weight is 238 g/mol. The van der Waals surface area contributed by atoms with Crippen LogP contribution in [0.2, 0.25) is 0 Å². The molecule has 1 saturated carbocycles. The molecular formula is C12H18N2O3. The largest absolute Gasteiger partial charge is 0.344 e. The van der Waals surface area contributed by atoms with E-state index in [1.54, 1.807) is 0 Å². The van der Waals surface area contributed by atoms with Gasteiger partial charge in [-0.1, -0.05) is 13.8 Å². The number of nitrogens with zero attached hydrogens (tertiary/aromatic N) is 1. The van der Waals surface area contributed by atoms with Gasteiger partial charge in [-0.25, -0.2) is 0 Å². The molecule has 0 aromatic heterocycles. The summed E-state index contributed by atoms with van der Waals surface area (Å²) in [5, 5.41) is 2.75. The third-order valence-corrected chi connectivity index (χ3v) is 3.80. The number of piperidine rings is 1. The predicted molar refractivity (Wildman–Crippen MR) is 60.8 cm³/mol. The molecule has 94 valence electrons. The number of imide groups is 1. The molecule has 1 aliphatic heterocycles. The Morgan fingerprint density at radius 1 is 1.41 bits per heavy atom. The zero-order chi connectivity index (χ0) is 12.8. The maximum atomic E-state index is 11.9. The highest BCUT2D eigenvalue weighted by atomic mass is 16.2.